The highest BCUT2D eigenvalue weighted by molar-refractivity contribution is 7.92. The number of benzene rings is 3. The van der Waals surface area contributed by atoms with E-state index in [9.17, 15) is 26.4 Å². The maximum absolute atomic E-state index is 13.5. The molecule has 0 atom stereocenters. The third-order valence-corrected chi connectivity index (χ3v) is 7.55. The van der Waals surface area contributed by atoms with Crippen molar-refractivity contribution in [3.63, 3.8) is 0 Å². The zero-order valence-corrected chi connectivity index (χ0v) is 19.2. The summed E-state index contributed by atoms with van der Waals surface area (Å²) in [5.41, 5.74) is 1.26. The monoisotopic (exact) mass is 488 g/mol. The molecule has 5 nitrogen and oxygen atoms in total. The molecule has 0 bridgehead atoms. The Balaban J connectivity index is 1.76. The third-order valence-electron chi connectivity index (χ3n) is 5.76. The summed E-state index contributed by atoms with van der Waals surface area (Å²) >= 11 is 0. The molecule has 9 heteroatoms. The van der Waals surface area contributed by atoms with Crippen LogP contribution >= 0.6 is 0 Å². The summed E-state index contributed by atoms with van der Waals surface area (Å²) in [5, 5.41) is 0. The van der Waals surface area contributed by atoms with Gasteiger partial charge in [-0.3, -0.25) is 9.10 Å². The first kappa shape index (κ1) is 23.8. The van der Waals surface area contributed by atoms with Crippen LogP contribution in [0.5, 0.6) is 0 Å². The molecule has 0 saturated carbocycles. The SMILES string of the molecule is Cc1ccc(S(=O)(=O)N(CC(=O)N2CCCc3ccccc32)c2cccc(C(F)(F)F)c2)cc1. The van der Waals surface area contributed by atoms with E-state index in [0.29, 0.717) is 18.7 Å². The second-order valence-electron chi connectivity index (χ2n) is 8.15. The Morgan fingerprint density at radius 3 is 2.41 bits per heavy atom. The van der Waals surface area contributed by atoms with Crippen molar-refractivity contribution in [2.45, 2.75) is 30.8 Å². The molecule has 0 spiro atoms. The number of anilines is 2. The minimum absolute atomic E-state index is 0.109. The number of alkyl halides is 3. The van der Waals surface area contributed by atoms with Crippen LogP contribution in [-0.2, 0) is 27.4 Å². The Hall–Kier alpha value is -3.33. The standard InChI is InChI=1S/C25H23F3N2O3S/c1-18-11-13-22(14-12-18)34(32,33)30(21-9-4-8-20(16-21)25(26,27)28)17-24(31)29-15-5-7-19-6-2-3-10-23(19)29/h2-4,6,8-14,16H,5,7,15,17H2,1H3. The van der Waals surface area contributed by atoms with Crippen molar-refractivity contribution in [2.75, 3.05) is 22.3 Å². The lowest BCUT2D eigenvalue weighted by Crippen LogP contribution is -2.45. The minimum atomic E-state index is -4.66. The Kier molecular flexibility index (Phi) is 6.40. The Morgan fingerprint density at radius 1 is 1.00 bits per heavy atom. The van der Waals surface area contributed by atoms with Gasteiger partial charge in [0.2, 0.25) is 5.91 Å². The van der Waals surface area contributed by atoms with Crippen molar-refractivity contribution in [2.24, 2.45) is 0 Å². The zero-order valence-electron chi connectivity index (χ0n) is 18.4. The number of nitrogens with zero attached hydrogens (tertiary/aromatic N) is 2. The van der Waals surface area contributed by atoms with Gasteiger partial charge in [0.25, 0.3) is 10.0 Å². The topological polar surface area (TPSA) is 57.7 Å². The van der Waals surface area contributed by atoms with E-state index in [1.807, 2.05) is 12.1 Å². The molecule has 0 N–H and O–H groups in total. The van der Waals surface area contributed by atoms with Gasteiger partial charge in [-0.15, -0.1) is 0 Å². The molecule has 34 heavy (non-hydrogen) atoms. The zero-order chi connectivity index (χ0) is 24.5. The van der Waals surface area contributed by atoms with E-state index in [0.717, 1.165) is 40.1 Å². The van der Waals surface area contributed by atoms with Gasteiger partial charge in [0.05, 0.1) is 16.1 Å². The molecule has 0 unspecified atom stereocenters. The summed E-state index contributed by atoms with van der Waals surface area (Å²) < 4.78 is 68.0. The largest absolute Gasteiger partial charge is 0.416 e. The summed E-state index contributed by atoms with van der Waals surface area (Å²) in [4.78, 5) is 14.8. The molecule has 0 aromatic heterocycles. The number of carbonyl (C=O) groups is 1. The van der Waals surface area contributed by atoms with E-state index in [-0.39, 0.29) is 10.6 Å². The molecule has 0 saturated heterocycles. The maximum atomic E-state index is 13.5. The average molecular weight is 489 g/mol. The van der Waals surface area contributed by atoms with Crippen molar-refractivity contribution < 1.29 is 26.4 Å². The van der Waals surface area contributed by atoms with E-state index in [2.05, 4.69) is 0 Å². The van der Waals surface area contributed by atoms with Crippen LogP contribution in [0.15, 0.2) is 77.7 Å². The quantitative estimate of drug-likeness (QED) is 0.497. The summed E-state index contributed by atoms with van der Waals surface area (Å²) in [5.74, 6) is -0.514. The van der Waals surface area contributed by atoms with E-state index in [4.69, 9.17) is 0 Å². The summed E-state index contributed by atoms with van der Waals surface area (Å²) in [6, 6.07) is 17.3. The number of aryl methyl sites for hydroxylation is 2. The fourth-order valence-corrected chi connectivity index (χ4v) is 5.40. The highest BCUT2D eigenvalue weighted by atomic mass is 32.2. The van der Waals surface area contributed by atoms with Crippen molar-refractivity contribution in [3.05, 3.63) is 89.5 Å². The highest BCUT2D eigenvalue weighted by Crippen LogP contribution is 2.34. The van der Waals surface area contributed by atoms with Gasteiger partial charge in [-0.05, 0) is 61.7 Å². The fourth-order valence-electron chi connectivity index (χ4n) is 3.99. The highest BCUT2D eigenvalue weighted by Gasteiger charge is 2.34. The van der Waals surface area contributed by atoms with Crippen LogP contribution in [0.3, 0.4) is 0 Å². The number of hydrogen-bond acceptors (Lipinski definition) is 3. The number of rotatable bonds is 5. The molecule has 3 aromatic carbocycles. The summed E-state index contributed by atoms with van der Waals surface area (Å²) in [7, 11) is -4.33. The van der Waals surface area contributed by atoms with E-state index >= 15 is 0 Å². The van der Waals surface area contributed by atoms with Gasteiger partial charge in [-0.25, -0.2) is 8.42 Å². The minimum Gasteiger partial charge on any atom is -0.311 e. The third kappa shape index (κ3) is 4.79. The number of hydrogen-bond donors (Lipinski definition) is 0. The normalized spacial score (nSPS) is 13.9. The number of halogens is 3. The van der Waals surface area contributed by atoms with E-state index in [1.54, 1.807) is 31.2 Å². The molecule has 0 aliphatic carbocycles. The Morgan fingerprint density at radius 2 is 1.71 bits per heavy atom. The smallest absolute Gasteiger partial charge is 0.311 e. The second kappa shape index (κ2) is 9.13. The van der Waals surface area contributed by atoms with Crippen LogP contribution in [0, 0.1) is 6.92 Å². The van der Waals surface area contributed by atoms with E-state index in [1.165, 1.54) is 23.1 Å². The lowest BCUT2D eigenvalue weighted by molar-refractivity contribution is -0.137. The predicted molar refractivity (Wildman–Crippen MR) is 124 cm³/mol. The van der Waals surface area contributed by atoms with E-state index < -0.39 is 34.2 Å². The first-order chi connectivity index (χ1) is 16.1. The Labute approximate surface area is 196 Å². The lowest BCUT2D eigenvalue weighted by atomic mass is 10.0. The molecule has 1 heterocycles. The molecule has 4 rings (SSSR count). The predicted octanol–water partition coefficient (Wildman–Crippen LogP) is 5.19. The second-order valence-corrected chi connectivity index (χ2v) is 10.0. The number of amides is 1. The fraction of sp³-hybridized carbons (Fsp3) is 0.240. The summed E-state index contributed by atoms with van der Waals surface area (Å²) in [6.07, 6.45) is -3.17. The van der Waals surface area contributed by atoms with Gasteiger partial charge < -0.3 is 4.90 Å². The average Bonchev–Trinajstić information content (AvgIpc) is 2.81. The first-order valence-electron chi connectivity index (χ1n) is 10.7. The van der Waals surface area contributed by atoms with Crippen LogP contribution in [0.1, 0.15) is 23.1 Å². The molecular formula is C25H23F3N2O3S. The van der Waals surface area contributed by atoms with Gasteiger partial charge in [-0.1, -0.05) is 42.0 Å². The number of carbonyl (C=O) groups excluding carboxylic acids is 1. The number of sulfonamides is 1. The molecule has 1 amide bonds. The molecule has 178 valence electrons. The molecular weight excluding hydrogens is 465 g/mol. The van der Waals surface area contributed by atoms with Gasteiger partial charge >= 0.3 is 6.18 Å². The van der Waals surface area contributed by atoms with Crippen molar-refractivity contribution in [1.29, 1.82) is 0 Å². The number of para-hydroxylation sites is 1. The van der Waals surface area contributed by atoms with Crippen LogP contribution in [-0.4, -0.2) is 27.4 Å². The van der Waals surface area contributed by atoms with Crippen LogP contribution in [0.4, 0.5) is 24.5 Å². The molecule has 3 aromatic rings. The summed E-state index contributed by atoms with van der Waals surface area (Å²) in [6.45, 7) is 1.56. The van der Waals surface area contributed by atoms with Crippen LogP contribution in [0.25, 0.3) is 0 Å². The molecule has 1 aliphatic rings. The van der Waals surface area contributed by atoms with Gasteiger partial charge in [0.1, 0.15) is 6.54 Å². The van der Waals surface area contributed by atoms with Crippen molar-refractivity contribution in [1.82, 2.24) is 0 Å². The molecule has 1 aliphatic heterocycles. The molecule has 0 fully saturated rings. The van der Waals surface area contributed by atoms with Gasteiger partial charge in [-0.2, -0.15) is 13.2 Å². The van der Waals surface area contributed by atoms with Crippen LogP contribution < -0.4 is 9.21 Å². The molecule has 0 radical (unpaired) electrons. The number of fused-ring (bicyclic) bond motifs is 1. The maximum Gasteiger partial charge on any atom is 0.416 e. The Bertz CT molecular complexity index is 1310. The first-order valence-corrected chi connectivity index (χ1v) is 12.2. The van der Waals surface area contributed by atoms with Gasteiger partial charge in [0.15, 0.2) is 0 Å². The van der Waals surface area contributed by atoms with Crippen LogP contribution in [0.2, 0.25) is 0 Å². The lowest BCUT2D eigenvalue weighted by Gasteiger charge is -2.32. The van der Waals surface area contributed by atoms with Crippen molar-refractivity contribution >= 4 is 27.3 Å². The van der Waals surface area contributed by atoms with Gasteiger partial charge in [0, 0.05) is 12.2 Å². The van der Waals surface area contributed by atoms with Crippen molar-refractivity contribution in [3.8, 4) is 0 Å².